The third-order valence-electron chi connectivity index (χ3n) is 3.63. The molecule has 0 atom stereocenters. The second kappa shape index (κ2) is 7.01. The van der Waals surface area contributed by atoms with Crippen molar-refractivity contribution in [2.45, 2.75) is 24.5 Å². The fourth-order valence-corrected chi connectivity index (χ4v) is 3.40. The summed E-state index contributed by atoms with van der Waals surface area (Å²) in [5.74, 6) is -1.19. The SMILES string of the molecule is Cc1ccc(C(=O)c2ccc(C)c(F)c2CBr)c(CBr)c1F. The van der Waals surface area contributed by atoms with E-state index in [1.807, 2.05) is 0 Å². The topological polar surface area (TPSA) is 17.1 Å². The summed E-state index contributed by atoms with van der Waals surface area (Å²) in [4.78, 5) is 12.8. The van der Waals surface area contributed by atoms with E-state index in [0.29, 0.717) is 22.3 Å². The number of carbonyl (C=O) groups excluding carboxylic acids is 1. The highest BCUT2D eigenvalue weighted by Gasteiger charge is 2.22. The van der Waals surface area contributed by atoms with Crippen LogP contribution in [0.1, 0.15) is 38.2 Å². The molecule has 0 bridgehead atoms. The Bertz CT molecular complexity index is 680. The van der Waals surface area contributed by atoms with Crippen molar-refractivity contribution in [3.8, 4) is 0 Å². The molecular weight excluding hydrogens is 418 g/mol. The second-order valence-electron chi connectivity index (χ2n) is 5.04. The summed E-state index contributed by atoms with van der Waals surface area (Å²) < 4.78 is 28.4. The monoisotopic (exact) mass is 430 g/mol. The van der Waals surface area contributed by atoms with E-state index in [1.54, 1.807) is 38.1 Å². The van der Waals surface area contributed by atoms with Crippen LogP contribution in [0.2, 0.25) is 0 Å². The molecule has 0 amide bonds. The third-order valence-corrected chi connectivity index (χ3v) is 4.75. The first-order valence-electron chi connectivity index (χ1n) is 6.65. The molecule has 0 saturated carbocycles. The van der Waals surface area contributed by atoms with Gasteiger partial charge < -0.3 is 0 Å². The highest BCUT2D eigenvalue weighted by Crippen LogP contribution is 2.27. The maximum absolute atomic E-state index is 14.2. The molecule has 0 spiro atoms. The highest BCUT2D eigenvalue weighted by molar-refractivity contribution is 9.08. The zero-order valence-electron chi connectivity index (χ0n) is 12.1. The van der Waals surface area contributed by atoms with Crippen molar-refractivity contribution in [2.24, 2.45) is 0 Å². The summed E-state index contributed by atoms with van der Waals surface area (Å²) in [5, 5.41) is 0.444. The first-order chi connectivity index (χ1) is 10.4. The quantitative estimate of drug-likeness (QED) is 0.454. The lowest BCUT2D eigenvalue weighted by atomic mass is 9.93. The predicted molar refractivity (Wildman–Crippen MR) is 91.0 cm³/mol. The highest BCUT2D eigenvalue weighted by atomic mass is 79.9. The van der Waals surface area contributed by atoms with E-state index < -0.39 is 11.6 Å². The summed E-state index contributed by atoms with van der Waals surface area (Å²) in [6.45, 7) is 3.29. The molecular formula is C17H14Br2F2O. The second-order valence-corrected chi connectivity index (χ2v) is 6.16. The number of benzene rings is 2. The van der Waals surface area contributed by atoms with Gasteiger partial charge in [0.15, 0.2) is 5.78 Å². The minimum Gasteiger partial charge on any atom is -0.289 e. The van der Waals surface area contributed by atoms with Gasteiger partial charge in [0.2, 0.25) is 0 Å². The lowest BCUT2D eigenvalue weighted by Crippen LogP contribution is -2.11. The van der Waals surface area contributed by atoms with Gasteiger partial charge in [-0.2, -0.15) is 0 Å². The molecule has 2 aromatic carbocycles. The van der Waals surface area contributed by atoms with E-state index in [0.717, 1.165) is 0 Å². The number of hydrogen-bond donors (Lipinski definition) is 0. The van der Waals surface area contributed by atoms with Gasteiger partial charge in [-0.25, -0.2) is 8.78 Å². The van der Waals surface area contributed by atoms with Crippen LogP contribution in [0.4, 0.5) is 8.78 Å². The van der Waals surface area contributed by atoms with Gasteiger partial charge in [0.1, 0.15) is 11.6 Å². The first-order valence-corrected chi connectivity index (χ1v) is 8.89. The van der Waals surface area contributed by atoms with E-state index in [2.05, 4.69) is 31.9 Å². The van der Waals surface area contributed by atoms with Crippen LogP contribution < -0.4 is 0 Å². The van der Waals surface area contributed by atoms with Gasteiger partial charge in [-0.15, -0.1) is 0 Å². The Hall–Kier alpha value is -1.07. The molecule has 0 aliphatic rings. The molecule has 2 rings (SSSR count). The maximum Gasteiger partial charge on any atom is 0.193 e. The van der Waals surface area contributed by atoms with E-state index >= 15 is 0 Å². The summed E-state index contributed by atoms with van der Waals surface area (Å²) in [5.41, 5.74) is 2.05. The number of halogens is 4. The number of carbonyl (C=O) groups is 1. The Morgan fingerprint density at radius 2 is 1.23 bits per heavy atom. The van der Waals surface area contributed by atoms with E-state index in [4.69, 9.17) is 0 Å². The van der Waals surface area contributed by atoms with Crippen molar-refractivity contribution in [1.29, 1.82) is 0 Å². The molecule has 0 heterocycles. The Kier molecular flexibility index (Phi) is 5.50. The minimum absolute atomic E-state index is 0.222. The third kappa shape index (κ3) is 3.01. The van der Waals surface area contributed by atoms with Crippen molar-refractivity contribution < 1.29 is 13.6 Å². The van der Waals surface area contributed by atoms with Crippen LogP contribution in [0, 0.1) is 25.5 Å². The van der Waals surface area contributed by atoms with Gasteiger partial charge in [0, 0.05) is 32.9 Å². The normalized spacial score (nSPS) is 10.8. The lowest BCUT2D eigenvalue weighted by molar-refractivity contribution is 0.103. The molecule has 0 aliphatic heterocycles. The van der Waals surface area contributed by atoms with E-state index in [9.17, 15) is 13.6 Å². The van der Waals surface area contributed by atoms with Gasteiger partial charge in [0.05, 0.1) is 0 Å². The molecule has 0 aromatic heterocycles. The molecule has 0 radical (unpaired) electrons. The Morgan fingerprint density at radius 3 is 1.55 bits per heavy atom. The Morgan fingerprint density at radius 1 is 0.864 bits per heavy atom. The number of hydrogen-bond acceptors (Lipinski definition) is 1. The van der Waals surface area contributed by atoms with Crippen molar-refractivity contribution in [3.63, 3.8) is 0 Å². The average Bonchev–Trinajstić information content (AvgIpc) is 2.51. The fraction of sp³-hybridized carbons (Fsp3) is 0.235. The van der Waals surface area contributed by atoms with Crippen LogP contribution in [-0.2, 0) is 10.7 Å². The first kappa shape index (κ1) is 17.3. The Labute approximate surface area is 145 Å². The number of ketones is 1. The minimum atomic E-state index is -0.407. The molecule has 0 unspecified atom stereocenters. The standard InChI is InChI=1S/C17H14Br2F2O/c1-9-3-5-11(13(7-18)15(9)20)17(22)12-6-4-10(2)16(21)14(12)8-19/h3-6H,7-8H2,1-2H3. The van der Waals surface area contributed by atoms with Crippen LogP contribution in [0.5, 0.6) is 0 Å². The molecule has 22 heavy (non-hydrogen) atoms. The summed E-state index contributed by atoms with van der Waals surface area (Å²) in [6, 6.07) is 6.31. The maximum atomic E-state index is 14.2. The van der Waals surface area contributed by atoms with Crippen molar-refractivity contribution in [3.05, 3.63) is 69.3 Å². The van der Waals surface area contributed by atoms with Crippen LogP contribution >= 0.6 is 31.9 Å². The number of rotatable bonds is 4. The fourth-order valence-electron chi connectivity index (χ4n) is 2.31. The zero-order chi connectivity index (χ0) is 16.4. The summed E-state index contributed by atoms with van der Waals surface area (Å²) >= 11 is 6.44. The number of alkyl halides is 2. The summed E-state index contributed by atoms with van der Waals surface area (Å²) in [7, 11) is 0. The van der Waals surface area contributed by atoms with Crippen molar-refractivity contribution in [2.75, 3.05) is 0 Å². The van der Waals surface area contributed by atoms with Crippen LogP contribution in [0.3, 0.4) is 0 Å². The largest absolute Gasteiger partial charge is 0.289 e. The molecule has 116 valence electrons. The lowest BCUT2D eigenvalue weighted by Gasteiger charge is -2.13. The molecule has 5 heteroatoms. The van der Waals surface area contributed by atoms with Gasteiger partial charge in [-0.05, 0) is 25.0 Å². The Balaban J connectivity index is 2.64. The van der Waals surface area contributed by atoms with E-state index in [1.165, 1.54) is 0 Å². The predicted octanol–water partition coefficient (Wildman–Crippen LogP) is 5.60. The van der Waals surface area contributed by atoms with Crippen LogP contribution in [0.15, 0.2) is 24.3 Å². The molecule has 1 nitrogen and oxygen atoms in total. The number of aryl methyl sites for hydroxylation is 2. The van der Waals surface area contributed by atoms with Gasteiger partial charge >= 0.3 is 0 Å². The van der Waals surface area contributed by atoms with Crippen LogP contribution in [-0.4, -0.2) is 5.78 Å². The van der Waals surface area contributed by atoms with Crippen molar-refractivity contribution >= 4 is 37.6 Å². The smallest absolute Gasteiger partial charge is 0.193 e. The van der Waals surface area contributed by atoms with Crippen molar-refractivity contribution in [1.82, 2.24) is 0 Å². The molecule has 0 N–H and O–H groups in total. The molecule has 2 aromatic rings. The van der Waals surface area contributed by atoms with Gasteiger partial charge in [-0.3, -0.25) is 4.79 Å². The van der Waals surface area contributed by atoms with Crippen LogP contribution in [0.25, 0.3) is 0 Å². The van der Waals surface area contributed by atoms with Gasteiger partial charge in [-0.1, -0.05) is 56.1 Å². The summed E-state index contributed by atoms with van der Waals surface area (Å²) in [6.07, 6.45) is 0. The zero-order valence-corrected chi connectivity index (χ0v) is 15.3. The molecule has 0 fully saturated rings. The molecule has 0 saturated heterocycles. The average molecular weight is 432 g/mol. The van der Waals surface area contributed by atoms with E-state index in [-0.39, 0.29) is 27.6 Å². The molecule has 0 aliphatic carbocycles. The van der Waals surface area contributed by atoms with Gasteiger partial charge in [0.25, 0.3) is 0 Å².